The molecule has 1 saturated heterocycles. The molecule has 0 aliphatic carbocycles. The van der Waals surface area contributed by atoms with E-state index in [-0.39, 0.29) is 11.9 Å². The maximum Gasteiger partial charge on any atom is 0.220 e. The van der Waals surface area contributed by atoms with Gasteiger partial charge in [-0.3, -0.25) is 4.79 Å². The number of benzene rings is 2. The maximum atomic E-state index is 12.1. The molecule has 0 saturated carbocycles. The van der Waals surface area contributed by atoms with Crippen molar-refractivity contribution in [3.05, 3.63) is 59.4 Å². The van der Waals surface area contributed by atoms with Crippen LogP contribution in [-0.4, -0.2) is 33.5 Å². The van der Waals surface area contributed by atoms with Crippen molar-refractivity contribution < 1.29 is 9.53 Å². The van der Waals surface area contributed by atoms with Crippen molar-refractivity contribution in [2.75, 3.05) is 13.2 Å². The molecule has 0 spiro atoms. The Kier molecular flexibility index (Phi) is 6.07. The van der Waals surface area contributed by atoms with Crippen molar-refractivity contribution in [2.24, 2.45) is 0 Å². The summed E-state index contributed by atoms with van der Waals surface area (Å²) in [6.45, 7) is 8.27. The van der Waals surface area contributed by atoms with Gasteiger partial charge in [0.15, 0.2) is 0 Å². The number of hydrogen-bond acceptors (Lipinski definition) is 3. The smallest absolute Gasteiger partial charge is 0.220 e. The fourth-order valence-electron chi connectivity index (χ4n) is 4.51. The van der Waals surface area contributed by atoms with Gasteiger partial charge in [0.1, 0.15) is 11.6 Å². The number of carbonyl (C=O) groups excluding carboxylic acids is 1. The molecular weight excluding hydrogens is 374 g/mol. The highest BCUT2D eigenvalue weighted by Gasteiger charge is 2.31. The lowest BCUT2D eigenvalue weighted by Crippen LogP contribution is -2.30. The molecule has 158 valence electrons. The van der Waals surface area contributed by atoms with E-state index in [1.807, 2.05) is 11.0 Å². The fourth-order valence-corrected chi connectivity index (χ4v) is 4.51. The minimum absolute atomic E-state index is 0.0846. The molecule has 5 nitrogen and oxygen atoms in total. The number of carbonyl (C=O) groups is 1. The summed E-state index contributed by atoms with van der Waals surface area (Å²) in [6, 6.07) is 14.7. The van der Waals surface area contributed by atoms with Gasteiger partial charge in [-0.05, 0) is 63.3 Å². The van der Waals surface area contributed by atoms with E-state index < -0.39 is 0 Å². The summed E-state index contributed by atoms with van der Waals surface area (Å²) in [4.78, 5) is 19.0. The molecule has 1 aromatic heterocycles. The summed E-state index contributed by atoms with van der Waals surface area (Å²) in [6.07, 6.45) is 4.00. The van der Waals surface area contributed by atoms with Crippen LogP contribution in [0.5, 0.6) is 5.75 Å². The van der Waals surface area contributed by atoms with Crippen LogP contribution >= 0.6 is 0 Å². The van der Waals surface area contributed by atoms with Gasteiger partial charge in [0, 0.05) is 20.0 Å². The van der Waals surface area contributed by atoms with E-state index in [0.717, 1.165) is 61.4 Å². The van der Waals surface area contributed by atoms with Gasteiger partial charge in [0.05, 0.1) is 23.7 Å². The van der Waals surface area contributed by atoms with Crippen molar-refractivity contribution in [2.45, 2.75) is 59.0 Å². The average molecular weight is 406 g/mol. The topological polar surface area (TPSA) is 47.4 Å². The van der Waals surface area contributed by atoms with Crippen LogP contribution in [0.25, 0.3) is 11.0 Å². The van der Waals surface area contributed by atoms with Gasteiger partial charge in [-0.15, -0.1) is 0 Å². The zero-order valence-corrected chi connectivity index (χ0v) is 18.2. The van der Waals surface area contributed by atoms with E-state index in [2.05, 4.69) is 54.8 Å². The van der Waals surface area contributed by atoms with E-state index in [1.54, 1.807) is 6.92 Å². The minimum Gasteiger partial charge on any atom is -0.493 e. The quantitative estimate of drug-likeness (QED) is 0.508. The second kappa shape index (κ2) is 8.90. The molecule has 4 rings (SSSR count). The maximum absolute atomic E-state index is 12.1. The van der Waals surface area contributed by atoms with Gasteiger partial charge < -0.3 is 14.2 Å². The SMILES string of the molecule is CC(=O)N1CCCC1c1nc2ccccc2n1CCCCOc1ccc(C)cc1C. The van der Waals surface area contributed by atoms with Crippen molar-refractivity contribution >= 4 is 16.9 Å². The lowest BCUT2D eigenvalue weighted by molar-refractivity contribution is -0.129. The Bertz CT molecular complexity index is 1040. The van der Waals surface area contributed by atoms with Crippen LogP contribution in [0.3, 0.4) is 0 Å². The van der Waals surface area contributed by atoms with Crippen molar-refractivity contribution in [3.63, 3.8) is 0 Å². The summed E-state index contributed by atoms with van der Waals surface area (Å²) in [5.41, 5.74) is 4.60. The predicted octanol–water partition coefficient (Wildman–Crippen LogP) is 5.20. The second-order valence-electron chi connectivity index (χ2n) is 8.31. The highest BCUT2D eigenvalue weighted by molar-refractivity contribution is 5.77. The molecule has 5 heteroatoms. The van der Waals surface area contributed by atoms with Crippen molar-refractivity contribution in [1.82, 2.24) is 14.5 Å². The zero-order chi connectivity index (χ0) is 21.1. The summed E-state index contributed by atoms with van der Waals surface area (Å²) >= 11 is 0. The summed E-state index contributed by atoms with van der Waals surface area (Å²) in [5.74, 6) is 2.13. The standard InChI is InChI=1S/C25H31N3O2/c1-18-12-13-24(19(2)17-18)30-16-7-6-14-28-22-10-5-4-9-21(22)26-25(28)23-11-8-15-27(23)20(3)29/h4-5,9-10,12-13,17,23H,6-8,11,14-16H2,1-3H3. The van der Waals surface area contributed by atoms with Crippen molar-refractivity contribution in [1.29, 1.82) is 0 Å². The molecule has 2 aromatic carbocycles. The number of nitrogens with zero attached hydrogens (tertiary/aromatic N) is 3. The first kappa shape index (κ1) is 20.5. The highest BCUT2D eigenvalue weighted by Crippen LogP contribution is 2.33. The molecule has 0 bridgehead atoms. The Morgan fingerprint density at radius 1 is 1.17 bits per heavy atom. The Balaban J connectivity index is 1.45. The number of para-hydroxylation sites is 2. The first-order valence-corrected chi connectivity index (χ1v) is 11.0. The number of likely N-dealkylation sites (tertiary alicyclic amines) is 1. The van der Waals surface area contributed by atoms with Gasteiger partial charge in [0.25, 0.3) is 0 Å². The Labute approximate surface area is 178 Å². The van der Waals surface area contributed by atoms with E-state index in [9.17, 15) is 4.79 Å². The van der Waals surface area contributed by atoms with E-state index in [4.69, 9.17) is 9.72 Å². The first-order valence-electron chi connectivity index (χ1n) is 11.0. The number of unbranched alkanes of at least 4 members (excludes halogenated alkanes) is 1. The fraction of sp³-hybridized carbons (Fsp3) is 0.440. The molecule has 1 aliphatic heterocycles. The third-order valence-electron chi connectivity index (χ3n) is 6.00. The molecule has 1 amide bonds. The Morgan fingerprint density at radius 2 is 2.00 bits per heavy atom. The van der Waals surface area contributed by atoms with Crippen LogP contribution < -0.4 is 4.74 Å². The van der Waals surface area contributed by atoms with Gasteiger partial charge in [-0.25, -0.2) is 4.98 Å². The second-order valence-corrected chi connectivity index (χ2v) is 8.31. The van der Waals surface area contributed by atoms with Crippen LogP contribution in [0.15, 0.2) is 42.5 Å². The largest absolute Gasteiger partial charge is 0.493 e. The lowest BCUT2D eigenvalue weighted by atomic mass is 10.1. The molecule has 1 unspecified atom stereocenters. The van der Waals surface area contributed by atoms with Crippen LogP contribution in [-0.2, 0) is 11.3 Å². The molecule has 1 atom stereocenters. The molecular formula is C25H31N3O2. The molecule has 0 radical (unpaired) electrons. The van der Waals surface area contributed by atoms with E-state index in [0.29, 0.717) is 6.61 Å². The third kappa shape index (κ3) is 4.20. The number of ether oxygens (including phenoxy) is 1. The Hall–Kier alpha value is -2.82. The van der Waals surface area contributed by atoms with Crippen molar-refractivity contribution in [3.8, 4) is 5.75 Å². The Morgan fingerprint density at radius 3 is 2.80 bits per heavy atom. The van der Waals surface area contributed by atoms with Crippen LogP contribution in [0.1, 0.15) is 55.6 Å². The lowest BCUT2D eigenvalue weighted by Gasteiger charge is -2.24. The number of aromatic nitrogens is 2. The number of aryl methyl sites for hydroxylation is 3. The third-order valence-corrected chi connectivity index (χ3v) is 6.00. The summed E-state index contributed by atoms with van der Waals surface area (Å²) < 4.78 is 8.32. The average Bonchev–Trinajstić information content (AvgIpc) is 3.34. The monoisotopic (exact) mass is 405 g/mol. The molecule has 1 aliphatic rings. The highest BCUT2D eigenvalue weighted by atomic mass is 16.5. The molecule has 2 heterocycles. The van der Waals surface area contributed by atoms with Gasteiger partial charge in [0.2, 0.25) is 5.91 Å². The molecule has 3 aromatic rings. The summed E-state index contributed by atoms with van der Waals surface area (Å²) in [7, 11) is 0. The van der Waals surface area contributed by atoms with E-state index >= 15 is 0 Å². The van der Waals surface area contributed by atoms with Crippen LogP contribution in [0.4, 0.5) is 0 Å². The number of hydrogen-bond donors (Lipinski definition) is 0. The number of amides is 1. The zero-order valence-electron chi connectivity index (χ0n) is 18.2. The molecule has 0 N–H and O–H groups in total. The van der Waals surface area contributed by atoms with Crippen LogP contribution in [0, 0.1) is 13.8 Å². The number of fused-ring (bicyclic) bond motifs is 1. The first-order chi connectivity index (χ1) is 14.5. The van der Waals surface area contributed by atoms with Gasteiger partial charge in [-0.1, -0.05) is 29.8 Å². The predicted molar refractivity (Wildman–Crippen MR) is 120 cm³/mol. The minimum atomic E-state index is 0.0846. The van der Waals surface area contributed by atoms with Gasteiger partial charge >= 0.3 is 0 Å². The summed E-state index contributed by atoms with van der Waals surface area (Å²) in [5, 5.41) is 0. The number of imidazole rings is 1. The van der Waals surface area contributed by atoms with Gasteiger partial charge in [-0.2, -0.15) is 0 Å². The molecule has 1 fully saturated rings. The van der Waals surface area contributed by atoms with E-state index in [1.165, 1.54) is 11.1 Å². The normalized spacial score (nSPS) is 16.4. The molecule has 30 heavy (non-hydrogen) atoms. The van der Waals surface area contributed by atoms with Crippen LogP contribution in [0.2, 0.25) is 0 Å². The number of rotatable bonds is 7.